The largest absolute Gasteiger partial charge is 0.332 e. The summed E-state index contributed by atoms with van der Waals surface area (Å²) in [5, 5.41) is 2.62. The first-order chi connectivity index (χ1) is 6.26. The second kappa shape index (κ2) is 4.84. The molecule has 0 aliphatic carbocycles. The zero-order valence-electron chi connectivity index (χ0n) is 7.46. The summed E-state index contributed by atoms with van der Waals surface area (Å²) in [5.74, 6) is 4.91. The summed E-state index contributed by atoms with van der Waals surface area (Å²) >= 11 is 1.70. The standard InChI is InChI=1S/C8H13N3OS/c1-2-6-3-4-7(13-6)5-10-8(12)11-9/h3-4H,2,5,9H2,1H3,(H2,10,11,12). The molecule has 0 unspecified atom stereocenters. The Morgan fingerprint density at radius 2 is 2.23 bits per heavy atom. The van der Waals surface area contributed by atoms with Crippen molar-refractivity contribution in [3.8, 4) is 0 Å². The topological polar surface area (TPSA) is 67.2 Å². The highest BCUT2D eigenvalue weighted by atomic mass is 32.1. The second-order valence-corrected chi connectivity index (χ2v) is 3.80. The molecule has 1 rings (SSSR count). The van der Waals surface area contributed by atoms with Crippen LogP contribution in [0.2, 0.25) is 0 Å². The molecule has 2 amide bonds. The third-order valence-corrected chi connectivity index (χ3v) is 2.85. The molecule has 0 bridgehead atoms. The molecular formula is C8H13N3OS. The Hall–Kier alpha value is -1.07. The minimum atomic E-state index is -0.355. The Kier molecular flexibility index (Phi) is 3.72. The number of thiophene rings is 1. The normalized spacial score (nSPS) is 9.69. The number of nitrogens with two attached hydrogens (primary N) is 1. The lowest BCUT2D eigenvalue weighted by molar-refractivity contribution is 0.241. The van der Waals surface area contributed by atoms with Gasteiger partial charge in [-0.25, -0.2) is 10.6 Å². The predicted octanol–water partition coefficient (Wildman–Crippen LogP) is 0.983. The zero-order valence-corrected chi connectivity index (χ0v) is 8.28. The van der Waals surface area contributed by atoms with E-state index in [1.165, 1.54) is 4.88 Å². The van der Waals surface area contributed by atoms with Crippen LogP contribution in [0.25, 0.3) is 0 Å². The van der Waals surface area contributed by atoms with E-state index in [1.807, 2.05) is 11.5 Å². The Balaban J connectivity index is 2.41. The molecule has 1 heterocycles. The van der Waals surface area contributed by atoms with E-state index in [2.05, 4.69) is 18.3 Å². The molecule has 0 saturated carbocycles. The van der Waals surface area contributed by atoms with Crippen LogP contribution in [0, 0.1) is 0 Å². The summed E-state index contributed by atoms with van der Waals surface area (Å²) in [6.45, 7) is 2.64. The van der Waals surface area contributed by atoms with Crippen LogP contribution in [-0.4, -0.2) is 6.03 Å². The number of hydrazine groups is 1. The van der Waals surface area contributed by atoms with Gasteiger partial charge in [0.05, 0.1) is 6.54 Å². The maximum atomic E-state index is 10.7. The molecule has 4 N–H and O–H groups in total. The molecule has 1 aromatic rings. The van der Waals surface area contributed by atoms with Gasteiger partial charge in [-0.15, -0.1) is 11.3 Å². The van der Waals surface area contributed by atoms with Gasteiger partial charge < -0.3 is 5.32 Å². The van der Waals surface area contributed by atoms with Crippen LogP contribution >= 0.6 is 11.3 Å². The van der Waals surface area contributed by atoms with E-state index in [1.54, 1.807) is 11.3 Å². The number of aryl methyl sites for hydroxylation is 1. The fraction of sp³-hybridized carbons (Fsp3) is 0.375. The average Bonchev–Trinajstić information content (AvgIpc) is 2.61. The molecule has 0 aliphatic rings. The number of amides is 2. The summed E-state index contributed by atoms with van der Waals surface area (Å²) in [6, 6.07) is 3.73. The monoisotopic (exact) mass is 199 g/mol. The molecule has 72 valence electrons. The smallest absolute Gasteiger partial charge is 0.329 e. The fourth-order valence-corrected chi connectivity index (χ4v) is 1.82. The minimum Gasteiger partial charge on any atom is -0.332 e. The first-order valence-corrected chi connectivity index (χ1v) is 4.90. The molecule has 5 heteroatoms. The van der Waals surface area contributed by atoms with E-state index in [-0.39, 0.29) is 6.03 Å². The van der Waals surface area contributed by atoms with Crippen LogP contribution in [0.3, 0.4) is 0 Å². The highest BCUT2D eigenvalue weighted by molar-refractivity contribution is 7.11. The van der Waals surface area contributed by atoms with Crippen LogP contribution in [0.15, 0.2) is 12.1 Å². The summed E-state index contributed by atoms with van der Waals surface area (Å²) in [7, 11) is 0. The molecule has 0 saturated heterocycles. The van der Waals surface area contributed by atoms with Gasteiger partial charge in [0.1, 0.15) is 0 Å². The molecule has 0 radical (unpaired) electrons. The van der Waals surface area contributed by atoms with E-state index >= 15 is 0 Å². The number of hydrogen-bond acceptors (Lipinski definition) is 3. The molecule has 13 heavy (non-hydrogen) atoms. The highest BCUT2D eigenvalue weighted by Crippen LogP contribution is 2.16. The lowest BCUT2D eigenvalue weighted by Crippen LogP contribution is -2.39. The second-order valence-electron chi connectivity index (χ2n) is 2.55. The van der Waals surface area contributed by atoms with Crippen molar-refractivity contribution in [2.75, 3.05) is 0 Å². The third kappa shape index (κ3) is 3.04. The summed E-state index contributed by atoms with van der Waals surface area (Å²) in [5.41, 5.74) is 2.01. The number of nitrogens with one attached hydrogen (secondary N) is 2. The molecule has 0 spiro atoms. The number of carbonyl (C=O) groups excluding carboxylic acids is 1. The number of hydrogen-bond donors (Lipinski definition) is 3. The van der Waals surface area contributed by atoms with Crippen LogP contribution in [0.5, 0.6) is 0 Å². The predicted molar refractivity (Wildman–Crippen MR) is 53.3 cm³/mol. The number of urea groups is 1. The third-order valence-electron chi connectivity index (χ3n) is 1.62. The van der Waals surface area contributed by atoms with E-state index in [0.29, 0.717) is 6.54 Å². The van der Waals surface area contributed by atoms with Crippen LogP contribution in [0.4, 0.5) is 4.79 Å². The van der Waals surface area contributed by atoms with Gasteiger partial charge in [0.25, 0.3) is 0 Å². The van der Waals surface area contributed by atoms with Gasteiger partial charge in [0, 0.05) is 9.75 Å². The Morgan fingerprint density at radius 3 is 2.77 bits per heavy atom. The lowest BCUT2D eigenvalue weighted by Gasteiger charge is -2.00. The van der Waals surface area contributed by atoms with Gasteiger partial charge >= 0.3 is 6.03 Å². The van der Waals surface area contributed by atoms with Crippen molar-refractivity contribution < 1.29 is 4.79 Å². The van der Waals surface area contributed by atoms with E-state index in [0.717, 1.165) is 11.3 Å². The van der Waals surface area contributed by atoms with Gasteiger partial charge in [-0.3, -0.25) is 5.43 Å². The van der Waals surface area contributed by atoms with Crippen LogP contribution in [0.1, 0.15) is 16.7 Å². The van der Waals surface area contributed by atoms with Crippen molar-refractivity contribution in [3.05, 3.63) is 21.9 Å². The van der Waals surface area contributed by atoms with Gasteiger partial charge in [-0.05, 0) is 18.6 Å². The average molecular weight is 199 g/mol. The molecule has 0 aliphatic heterocycles. The van der Waals surface area contributed by atoms with Crippen LogP contribution in [-0.2, 0) is 13.0 Å². The number of carbonyl (C=O) groups is 1. The summed E-state index contributed by atoms with van der Waals surface area (Å²) in [4.78, 5) is 13.2. The first kappa shape index (κ1) is 10.0. The van der Waals surface area contributed by atoms with E-state index in [4.69, 9.17) is 5.84 Å². The van der Waals surface area contributed by atoms with Crippen molar-refractivity contribution >= 4 is 17.4 Å². The lowest BCUT2D eigenvalue weighted by atomic mass is 10.4. The van der Waals surface area contributed by atoms with Crippen molar-refractivity contribution in [1.82, 2.24) is 10.7 Å². The number of rotatable bonds is 3. The Morgan fingerprint density at radius 1 is 1.54 bits per heavy atom. The van der Waals surface area contributed by atoms with Gasteiger partial charge in [-0.1, -0.05) is 6.92 Å². The molecule has 0 atom stereocenters. The van der Waals surface area contributed by atoms with Crippen LogP contribution < -0.4 is 16.6 Å². The summed E-state index contributed by atoms with van der Waals surface area (Å²) in [6.07, 6.45) is 1.04. The minimum absolute atomic E-state index is 0.355. The first-order valence-electron chi connectivity index (χ1n) is 4.08. The van der Waals surface area contributed by atoms with E-state index in [9.17, 15) is 4.79 Å². The van der Waals surface area contributed by atoms with Gasteiger partial charge in [0.2, 0.25) is 0 Å². The quantitative estimate of drug-likeness (QED) is 0.386. The van der Waals surface area contributed by atoms with Crippen molar-refractivity contribution in [1.29, 1.82) is 0 Å². The fourth-order valence-electron chi connectivity index (χ4n) is 0.926. The Labute approximate surface area is 81.1 Å². The molecule has 0 fully saturated rings. The van der Waals surface area contributed by atoms with E-state index < -0.39 is 0 Å². The SMILES string of the molecule is CCc1ccc(CNC(=O)NN)s1. The zero-order chi connectivity index (χ0) is 9.68. The molecular weight excluding hydrogens is 186 g/mol. The Bertz CT molecular complexity index is 285. The van der Waals surface area contributed by atoms with Crippen molar-refractivity contribution in [3.63, 3.8) is 0 Å². The van der Waals surface area contributed by atoms with Gasteiger partial charge in [-0.2, -0.15) is 0 Å². The molecule has 4 nitrogen and oxygen atoms in total. The summed E-state index contributed by atoms with van der Waals surface area (Å²) < 4.78 is 0. The molecule has 1 aromatic heterocycles. The van der Waals surface area contributed by atoms with Gasteiger partial charge in [0.15, 0.2) is 0 Å². The maximum Gasteiger partial charge on any atom is 0.329 e. The van der Waals surface area contributed by atoms with Crippen molar-refractivity contribution in [2.45, 2.75) is 19.9 Å². The maximum absolute atomic E-state index is 10.7. The highest BCUT2D eigenvalue weighted by Gasteiger charge is 2.00. The molecule has 0 aromatic carbocycles. The van der Waals surface area contributed by atoms with Crippen molar-refractivity contribution in [2.24, 2.45) is 5.84 Å².